The van der Waals surface area contributed by atoms with Crippen molar-refractivity contribution in [2.75, 3.05) is 0 Å². The van der Waals surface area contributed by atoms with Gasteiger partial charge in [-0.15, -0.1) is 0 Å². The van der Waals surface area contributed by atoms with Gasteiger partial charge in [-0.05, 0) is 52.5 Å². The van der Waals surface area contributed by atoms with Crippen molar-refractivity contribution in [2.24, 2.45) is 5.92 Å². The van der Waals surface area contributed by atoms with Crippen molar-refractivity contribution < 1.29 is 0 Å². The summed E-state index contributed by atoms with van der Waals surface area (Å²) >= 11 is 0. The zero-order valence-electron chi connectivity index (χ0n) is 11.8. The van der Waals surface area contributed by atoms with Gasteiger partial charge < -0.3 is 0 Å². The number of fused-ring (bicyclic) bond motifs is 2. The Hall–Kier alpha value is -2.08. The molecule has 0 heteroatoms. The van der Waals surface area contributed by atoms with Crippen molar-refractivity contribution in [2.45, 2.75) is 19.8 Å². The normalized spacial score (nSPS) is 23.6. The van der Waals surface area contributed by atoms with Crippen LogP contribution in [0.3, 0.4) is 0 Å². The fourth-order valence-electron chi connectivity index (χ4n) is 3.79. The van der Waals surface area contributed by atoms with Crippen LogP contribution in [0.25, 0.3) is 11.1 Å². The number of allylic oxidation sites excluding steroid dienone is 7. The molecule has 0 heterocycles. The molecule has 3 aliphatic rings. The molecular weight excluding hydrogens is 240 g/mol. The Morgan fingerprint density at radius 2 is 1.85 bits per heavy atom. The van der Waals surface area contributed by atoms with Gasteiger partial charge in [-0.2, -0.15) is 0 Å². The molecular formula is C20H18. The van der Waals surface area contributed by atoms with Gasteiger partial charge in [-0.25, -0.2) is 0 Å². The molecule has 0 nitrogen and oxygen atoms in total. The Balaban J connectivity index is 2.11. The molecule has 0 saturated carbocycles. The second-order valence-corrected chi connectivity index (χ2v) is 5.90. The first-order valence-corrected chi connectivity index (χ1v) is 7.34. The lowest BCUT2D eigenvalue weighted by molar-refractivity contribution is 1.01. The van der Waals surface area contributed by atoms with Crippen LogP contribution in [-0.4, -0.2) is 0 Å². The summed E-state index contributed by atoms with van der Waals surface area (Å²) < 4.78 is 0. The van der Waals surface area contributed by atoms with E-state index in [1.807, 2.05) is 0 Å². The topological polar surface area (TPSA) is 0 Å². The maximum absolute atomic E-state index is 4.31. The maximum Gasteiger partial charge on any atom is 0.0290 e. The molecule has 98 valence electrons. The monoisotopic (exact) mass is 258 g/mol. The molecule has 1 atom stereocenters. The van der Waals surface area contributed by atoms with E-state index in [0.717, 1.165) is 6.42 Å². The average molecular weight is 258 g/mol. The van der Waals surface area contributed by atoms with Crippen LogP contribution in [0.1, 0.15) is 19.8 Å². The van der Waals surface area contributed by atoms with E-state index in [1.54, 1.807) is 0 Å². The maximum atomic E-state index is 4.31. The summed E-state index contributed by atoms with van der Waals surface area (Å²) in [5.74, 6) is 0.414. The predicted molar refractivity (Wildman–Crippen MR) is 85.4 cm³/mol. The van der Waals surface area contributed by atoms with E-state index in [-0.39, 0.29) is 0 Å². The van der Waals surface area contributed by atoms with Crippen molar-refractivity contribution >= 4 is 11.1 Å². The van der Waals surface area contributed by atoms with Crippen LogP contribution in [-0.2, 0) is 0 Å². The van der Waals surface area contributed by atoms with Crippen molar-refractivity contribution in [1.82, 2.24) is 0 Å². The smallest absolute Gasteiger partial charge is 0.0290 e. The second-order valence-electron chi connectivity index (χ2n) is 5.90. The predicted octanol–water partition coefficient (Wildman–Crippen LogP) is 3.41. The largest absolute Gasteiger partial charge is 0.0952 e. The quantitative estimate of drug-likeness (QED) is 0.724. The van der Waals surface area contributed by atoms with Gasteiger partial charge >= 0.3 is 0 Å². The van der Waals surface area contributed by atoms with Crippen molar-refractivity contribution in [3.63, 3.8) is 0 Å². The lowest BCUT2D eigenvalue weighted by Crippen LogP contribution is -2.23. The number of benzene rings is 1. The highest BCUT2D eigenvalue weighted by Gasteiger charge is 2.29. The summed E-state index contributed by atoms with van der Waals surface area (Å²) in [6.45, 7) is 6.58. The minimum absolute atomic E-state index is 0.414. The Kier molecular flexibility index (Phi) is 2.47. The second kappa shape index (κ2) is 4.21. The molecule has 3 aliphatic carbocycles. The summed E-state index contributed by atoms with van der Waals surface area (Å²) in [5, 5.41) is 2.80. The van der Waals surface area contributed by atoms with Crippen LogP contribution >= 0.6 is 0 Å². The standard InChI is InChI=1S/C20H18/c1-13-11-12-14(2)19(13)20-17-9-5-3-7-15(17)16-8-4-6-10-18(16)20/h3-10,17H,1,11-12H2,2H3. The molecule has 0 fully saturated rings. The van der Waals surface area contributed by atoms with Crippen molar-refractivity contribution in [3.05, 3.63) is 82.3 Å². The van der Waals surface area contributed by atoms with Gasteiger partial charge in [0.15, 0.2) is 0 Å². The fraction of sp³-hybridized carbons (Fsp3) is 0.200. The molecule has 0 amide bonds. The Morgan fingerprint density at radius 3 is 2.60 bits per heavy atom. The lowest BCUT2D eigenvalue weighted by atomic mass is 9.84. The summed E-state index contributed by atoms with van der Waals surface area (Å²) in [7, 11) is 0. The van der Waals surface area contributed by atoms with Gasteiger partial charge in [-0.1, -0.05) is 60.7 Å². The van der Waals surface area contributed by atoms with Crippen LogP contribution in [0.5, 0.6) is 0 Å². The van der Waals surface area contributed by atoms with Crippen LogP contribution in [0, 0.1) is 5.92 Å². The van der Waals surface area contributed by atoms with Gasteiger partial charge in [-0.3, -0.25) is 0 Å². The molecule has 0 N–H and O–H groups in total. The number of hydrogen-bond acceptors (Lipinski definition) is 0. The first-order chi connectivity index (χ1) is 9.77. The minimum Gasteiger partial charge on any atom is -0.0952 e. The van der Waals surface area contributed by atoms with Crippen LogP contribution < -0.4 is 10.4 Å². The molecule has 4 rings (SSSR count). The van der Waals surface area contributed by atoms with Gasteiger partial charge in [0, 0.05) is 5.92 Å². The highest BCUT2D eigenvalue weighted by Crippen LogP contribution is 2.42. The van der Waals surface area contributed by atoms with Crippen LogP contribution in [0.4, 0.5) is 0 Å². The summed E-state index contributed by atoms with van der Waals surface area (Å²) in [4.78, 5) is 0. The zero-order valence-corrected chi connectivity index (χ0v) is 11.8. The lowest BCUT2D eigenvalue weighted by Gasteiger charge is -2.19. The van der Waals surface area contributed by atoms with E-state index in [2.05, 4.69) is 62.1 Å². The van der Waals surface area contributed by atoms with Gasteiger partial charge in [0.1, 0.15) is 0 Å². The van der Waals surface area contributed by atoms with Gasteiger partial charge in [0.05, 0.1) is 0 Å². The molecule has 0 bridgehead atoms. The van der Waals surface area contributed by atoms with Gasteiger partial charge in [0.25, 0.3) is 0 Å². The highest BCUT2D eigenvalue weighted by molar-refractivity contribution is 5.89. The van der Waals surface area contributed by atoms with E-state index < -0.39 is 0 Å². The SMILES string of the molecule is C=C1CCC(C)=C1C1=c2ccccc2=C2C=CC=CC21. The summed E-state index contributed by atoms with van der Waals surface area (Å²) in [5.41, 5.74) is 7.19. The third-order valence-electron chi connectivity index (χ3n) is 4.72. The first-order valence-electron chi connectivity index (χ1n) is 7.34. The zero-order chi connectivity index (χ0) is 13.7. The van der Waals surface area contributed by atoms with Gasteiger partial charge in [0.2, 0.25) is 0 Å². The molecule has 0 aliphatic heterocycles. The van der Waals surface area contributed by atoms with E-state index >= 15 is 0 Å². The molecule has 0 saturated heterocycles. The Bertz CT molecular complexity index is 825. The Labute approximate surface area is 119 Å². The molecule has 1 unspecified atom stereocenters. The molecule has 0 radical (unpaired) electrons. The van der Waals surface area contributed by atoms with Crippen LogP contribution in [0.2, 0.25) is 0 Å². The van der Waals surface area contributed by atoms with E-state index in [4.69, 9.17) is 0 Å². The highest BCUT2D eigenvalue weighted by atomic mass is 14.3. The molecule has 20 heavy (non-hydrogen) atoms. The average Bonchev–Trinajstić information content (AvgIpc) is 2.97. The van der Waals surface area contributed by atoms with Crippen molar-refractivity contribution in [1.29, 1.82) is 0 Å². The molecule has 0 spiro atoms. The summed E-state index contributed by atoms with van der Waals surface area (Å²) in [6, 6.07) is 8.81. The van der Waals surface area contributed by atoms with E-state index in [9.17, 15) is 0 Å². The molecule has 1 aromatic rings. The van der Waals surface area contributed by atoms with Crippen LogP contribution in [0.15, 0.2) is 71.9 Å². The minimum atomic E-state index is 0.414. The first kappa shape index (κ1) is 11.7. The third-order valence-corrected chi connectivity index (χ3v) is 4.72. The Morgan fingerprint density at radius 1 is 1.05 bits per heavy atom. The molecule has 1 aromatic carbocycles. The fourth-order valence-corrected chi connectivity index (χ4v) is 3.79. The number of hydrogen-bond donors (Lipinski definition) is 0. The number of rotatable bonds is 1. The molecule has 0 aromatic heterocycles. The van der Waals surface area contributed by atoms with E-state index in [0.29, 0.717) is 5.92 Å². The third kappa shape index (κ3) is 1.48. The summed E-state index contributed by atoms with van der Waals surface area (Å²) in [6.07, 6.45) is 11.2. The van der Waals surface area contributed by atoms with Crippen molar-refractivity contribution in [3.8, 4) is 0 Å². The van der Waals surface area contributed by atoms with E-state index in [1.165, 1.54) is 44.7 Å².